The lowest BCUT2D eigenvalue weighted by molar-refractivity contribution is -0.106. The van der Waals surface area contributed by atoms with E-state index >= 15 is 0 Å². The Bertz CT molecular complexity index is 353. The minimum atomic E-state index is -2.45. The van der Waals surface area contributed by atoms with Crippen molar-refractivity contribution in [3.63, 3.8) is 0 Å². The van der Waals surface area contributed by atoms with Crippen molar-refractivity contribution in [1.29, 1.82) is 0 Å². The fourth-order valence-electron chi connectivity index (χ4n) is 2.09. The van der Waals surface area contributed by atoms with Crippen molar-refractivity contribution in [3.05, 3.63) is 29.8 Å². The van der Waals surface area contributed by atoms with E-state index in [-0.39, 0.29) is 25.4 Å². The second-order valence-electron chi connectivity index (χ2n) is 4.65. The zero-order valence-electron chi connectivity index (χ0n) is 9.56. The summed E-state index contributed by atoms with van der Waals surface area (Å²) in [7, 11) is 0. The van der Waals surface area contributed by atoms with Crippen molar-refractivity contribution in [2.45, 2.75) is 25.2 Å². The molecule has 0 unspecified atom stereocenters. The largest absolute Gasteiger partial charge is 0.385 e. The number of rotatable bonds is 5. The van der Waals surface area contributed by atoms with Crippen LogP contribution in [0.2, 0.25) is 0 Å². The van der Waals surface area contributed by atoms with Crippen molar-refractivity contribution >= 4 is 5.69 Å². The zero-order valence-corrected chi connectivity index (χ0v) is 9.56. The maximum Gasteiger partial charge on any atom is 0.248 e. The van der Waals surface area contributed by atoms with Gasteiger partial charge in [-0.2, -0.15) is 0 Å². The smallest absolute Gasteiger partial charge is 0.248 e. The molecule has 0 bridgehead atoms. The molecule has 1 aromatic rings. The van der Waals surface area contributed by atoms with E-state index in [2.05, 4.69) is 5.32 Å². The number of halogens is 3. The average Bonchev–Trinajstić information content (AvgIpc) is 2.26. The van der Waals surface area contributed by atoms with E-state index in [0.29, 0.717) is 13.0 Å². The van der Waals surface area contributed by atoms with E-state index in [9.17, 15) is 13.2 Å². The topological polar surface area (TPSA) is 12.0 Å². The number of alkyl halides is 3. The molecule has 1 fully saturated rings. The summed E-state index contributed by atoms with van der Waals surface area (Å²) in [6.07, 6.45) is 0.398. The molecule has 1 N–H and O–H groups in total. The van der Waals surface area contributed by atoms with Gasteiger partial charge in [-0.1, -0.05) is 12.1 Å². The molecule has 0 heterocycles. The lowest BCUT2D eigenvalue weighted by Crippen LogP contribution is -2.39. The van der Waals surface area contributed by atoms with Crippen LogP contribution in [-0.2, 0) is 6.42 Å². The molecule has 2 rings (SSSR count). The molecule has 1 saturated carbocycles. The number of anilines is 1. The van der Waals surface area contributed by atoms with E-state index in [1.165, 1.54) is 0 Å². The Hall–Kier alpha value is -1.19. The van der Waals surface area contributed by atoms with E-state index in [0.717, 1.165) is 11.3 Å². The molecule has 1 aliphatic carbocycles. The van der Waals surface area contributed by atoms with Crippen LogP contribution in [0.5, 0.6) is 0 Å². The number of benzene rings is 1. The highest BCUT2D eigenvalue weighted by Gasteiger charge is 2.44. The van der Waals surface area contributed by atoms with Crippen molar-refractivity contribution in [2.24, 2.45) is 5.92 Å². The van der Waals surface area contributed by atoms with Gasteiger partial charge in [0.05, 0.1) is 6.67 Å². The average molecular weight is 243 g/mol. The van der Waals surface area contributed by atoms with Crippen LogP contribution in [0.4, 0.5) is 18.9 Å². The van der Waals surface area contributed by atoms with Crippen LogP contribution in [-0.4, -0.2) is 19.1 Å². The fraction of sp³-hybridized carbons (Fsp3) is 0.538. The SMILES string of the molecule is FCCc1ccc(NCC2CC(F)(F)C2)cc1. The number of aryl methyl sites for hydroxylation is 1. The number of hydrogen-bond acceptors (Lipinski definition) is 1. The van der Waals surface area contributed by atoms with Gasteiger partial charge in [0, 0.05) is 31.5 Å². The molecule has 0 amide bonds. The first-order valence-corrected chi connectivity index (χ1v) is 5.86. The van der Waals surface area contributed by atoms with E-state index in [4.69, 9.17) is 0 Å². The van der Waals surface area contributed by atoms with Crippen LogP contribution in [0.15, 0.2) is 24.3 Å². The monoisotopic (exact) mass is 243 g/mol. The fourth-order valence-corrected chi connectivity index (χ4v) is 2.09. The van der Waals surface area contributed by atoms with Gasteiger partial charge in [-0.05, 0) is 23.6 Å². The number of hydrogen-bond donors (Lipinski definition) is 1. The van der Waals surface area contributed by atoms with Crippen molar-refractivity contribution in [3.8, 4) is 0 Å². The van der Waals surface area contributed by atoms with Crippen molar-refractivity contribution < 1.29 is 13.2 Å². The van der Waals surface area contributed by atoms with E-state index in [1.54, 1.807) is 0 Å². The Balaban J connectivity index is 1.76. The molecule has 1 aromatic carbocycles. The van der Waals surface area contributed by atoms with Gasteiger partial charge in [0.1, 0.15) is 0 Å². The van der Waals surface area contributed by atoms with Gasteiger partial charge in [-0.25, -0.2) is 8.78 Å². The van der Waals surface area contributed by atoms with Gasteiger partial charge in [-0.15, -0.1) is 0 Å². The number of nitrogens with one attached hydrogen (secondary N) is 1. The molecule has 1 aliphatic rings. The highest BCUT2D eigenvalue weighted by atomic mass is 19.3. The van der Waals surface area contributed by atoms with Crippen LogP contribution < -0.4 is 5.32 Å². The van der Waals surface area contributed by atoms with Gasteiger partial charge in [0.15, 0.2) is 0 Å². The summed E-state index contributed by atoms with van der Waals surface area (Å²) in [4.78, 5) is 0. The van der Waals surface area contributed by atoms with E-state index in [1.807, 2.05) is 24.3 Å². The summed E-state index contributed by atoms with van der Waals surface area (Å²) >= 11 is 0. The van der Waals surface area contributed by atoms with E-state index < -0.39 is 5.92 Å². The molecule has 0 saturated heterocycles. The Kier molecular flexibility index (Phi) is 3.60. The first-order chi connectivity index (χ1) is 8.09. The molecule has 0 aromatic heterocycles. The van der Waals surface area contributed by atoms with Crippen LogP contribution in [0, 0.1) is 5.92 Å². The summed E-state index contributed by atoms with van der Waals surface area (Å²) in [5.41, 5.74) is 1.86. The summed E-state index contributed by atoms with van der Waals surface area (Å²) in [6, 6.07) is 7.44. The molecule has 0 atom stereocenters. The van der Waals surface area contributed by atoms with Crippen LogP contribution in [0.3, 0.4) is 0 Å². The van der Waals surface area contributed by atoms with Crippen molar-refractivity contribution in [1.82, 2.24) is 0 Å². The van der Waals surface area contributed by atoms with Crippen LogP contribution in [0.1, 0.15) is 18.4 Å². The summed E-state index contributed by atoms with van der Waals surface area (Å²) in [6.45, 7) is 0.224. The highest BCUT2D eigenvalue weighted by Crippen LogP contribution is 2.42. The zero-order chi connectivity index (χ0) is 12.3. The second-order valence-corrected chi connectivity index (χ2v) is 4.65. The van der Waals surface area contributed by atoms with Gasteiger partial charge in [0.2, 0.25) is 5.92 Å². The Labute approximate surface area is 99.0 Å². The second kappa shape index (κ2) is 4.98. The molecule has 4 heteroatoms. The maximum atomic E-state index is 12.6. The molecular formula is C13H16F3N. The third kappa shape index (κ3) is 3.38. The Morgan fingerprint density at radius 1 is 1.18 bits per heavy atom. The summed E-state index contributed by atoms with van der Waals surface area (Å²) in [5, 5.41) is 3.13. The first-order valence-electron chi connectivity index (χ1n) is 5.86. The first kappa shape index (κ1) is 12.3. The van der Waals surface area contributed by atoms with Crippen LogP contribution in [0.25, 0.3) is 0 Å². The van der Waals surface area contributed by atoms with Gasteiger partial charge in [-0.3, -0.25) is 4.39 Å². The highest BCUT2D eigenvalue weighted by molar-refractivity contribution is 5.44. The third-order valence-corrected chi connectivity index (χ3v) is 3.11. The predicted octanol–water partition coefficient (Wildman–Crippen LogP) is 3.66. The normalized spacial score (nSPS) is 18.8. The Morgan fingerprint density at radius 2 is 1.82 bits per heavy atom. The molecule has 0 aliphatic heterocycles. The predicted molar refractivity (Wildman–Crippen MR) is 62.3 cm³/mol. The van der Waals surface area contributed by atoms with Gasteiger partial charge >= 0.3 is 0 Å². The van der Waals surface area contributed by atoms with Gasteiger partial charge in [0.25, 0.3) is 0 Å². The standard InChI is InChI=1S/C13H16F3N/c14-6-5-10-1-3-12(4-2-10)17-9-11-7-13(15,16)8-11/h1-4,11,17H,5-9H2. The Morgan fingerprint density at radius 3 is 2.35 bits per heavy atom. The maximum absolute atomic E-state index is 12.6. The third-order valence-electron chi connectivity index (χ3n) is 3.11. The molecule has 94 valence electrons. The minimum Gasteiger partial charge on any atom is -0.385 e. The quantitative estimate of drug-likeness (QED) is 0.832. The lowest BCUT2D eigenvalue weighted by Gasteiger charge is -2.35. The lowest BCUT2D eigenvalue weighted by atomic mass is 9.81. The summed E-state index contributed by atoms with van der Waals surface area (Å²) < 4.78 is 37.2. The summed E-state index contributed by atoms with van der Waals surface area (Å²) in [5.74, 6) is -2.38. The molecule has 17 heavy (non-hydrogen) atoms. The molecular weight excluding hydrogens is 227 g/mol. The minimum absolute atomic E-state index is 0.0140. The van der Waals surface area contributed by atoms with Gasteiger partial charge < -0.3 is 5.32 Å². The van der Waals surface area contributed by atoms with Crippen molar-refractivity contribution in [2.75, 3.05) is 18.5 Å². The molecule has 0 spiro atoms. The van der Waals surface area contributed by atoms with Crippen LogP contribution >= 0.6 is 0 Å². The molecule has 0 radical (unpaired) electrons. The molecule has 1 nitrogen and oxygen atoms in total.